The van der Waals surface area contributed by atoms with Crippen molar-refractivity contribution in [2.24, 2.45) is 5.41 Å². The van der Waals surface area contributed by atoms with Crippen molar-refractivity contribution in [2.45, 2.75) is 45.6 Å². The summed E-state index contributed by atoms with van der Waals surface area (Å²) in [5, 5.41) is 0. The van der Waals surface area contributed by atoms with Gasteiger partial charge in [0.1, 0.15) is 0 Å². The highest BCUT2D eigenvalue weighted by Gasteiger charge is 2.33. The van der Waals surface area contributed by atoms with Crippen molar-refractivity contribution >= 4 is 32.9 Å². The second-order valence-corrected chi connectivity index (χ2v) is 6.67. The highest BCUT2D eigenvalue weighted by atomic mass is 79.9. The van der Waals surface area contributed by atoms with Gasteiger partial charge in [-0.15, -0.1) is 0 Å². The highest BCUT2D eigenvalue weighted by Crippen LogP contribution is 2.43. The molecule has 0 spiro atoms. The number of hydrogen-bond donors (Lipinski definition) is 1. The predicted octanol–water partition coefficient (Wildman–Crippen LogP) is 4.35. The van der Waals surface area contributed by atoms with Crippen molar-refractivity contribution in [3.63, 3.8) is 0 Å². The molecule has 3 nitrogen and oxygen atoms in total. The third-order valence-electron chi connectivity index (χ3n) is 4.65. The molecule has 0 unspecified atom stereocenters. The van der Waals surface area contributed by atoms with E-state index in [1.165, 1.54) is 32.1 Å². The lowest BCUT2D eigenvalue weighted by molar-refractivity contribution is 0.242. The van der Waals surface area contributed by atoms with Gasteiger partial charge in [-0.25, -0.2) is 4.98 Å². The zero-order valence-corrected chi connectivity index (χ0v) is 12.9. The molecule has 0 radical (unpaired) electrons. The first-order chi connectivity index (χ1) is 9.13. The Balaban J connectivity index is 2.02. The maximum absolute atomic E-state index is 6.13. The van der Waals surface area contributed by atoms with E-state index in [1.807, 2.05) is 6.07 Å². The predicted molar refractivity (Wildman–Crippen MR) is 83.0 cm³/mol. The number of nitrogens with two attached hydrogens (primary N) is 1. The molecule has 0 atom stereocenters. The first-order valence-electron chi connectivity index (χ1n) is 7.05. The summed E-state index contributed by atoms with van der Waals surface area (Å²) in [6, 6.07) is 6.21. The molecule has 1 aliphatic carbocycles. The first-order valence-corrected chi connectivity index (χ1v) is 7.84. The average Bonchev–Trinajstić information content (AvgIpc) is 2.96. The molecule has 1 aliphatic rings. The Morgan fingerprint density at radius 1 is 1.37 bits per heavy atom. The number of nitrogen functional groups attached to an aromatic ring is 1. The molecular formula is C15H20BrN3. The highest BCUT2D eigenvalue weighted by molar-refractivity contribution is 9.10. The van der Waals surface area contributed by atoms with E-state index in [1.54, 1.807) is 0 Å². The fourth-order valence-corrected chi connectivity index (χ4v) is 3.72. The van der Waals surface area contributed by atoms with Crippen LogP contribution >= 0.6 is 15.9 Å². The Labute approximate surface area is 122 Å². The van der Waals surface area contributed by atoms with E-state index in [9.17, 15) is 0 Å². The van der Waals surface area contributed by atoms with E-state index >= 15 is 0 Å². The van der Waals surface area contributed by atoms with Crippen molar-refractivity contribution in [2.75, 3.05) is 5.73 Å². The molecule has 1 heterocycles. The van der Waals surface area contributed by atoms with Gasteiger partial charge in [0.15, 0.2) is 0 Å². The van der Waals surface area contributed by atoms with Crippen LogP contribution in [0, 0.1) is 5.41 Å². The van der Waals surface area contributed by atoms with E-state index in [0.717, 1.165) is 22.1 Å². The number of aromatic nitrogens is 2. The Bertz CT molecular complexity index is 597. The third kappa shape index (κ3) is 2.27. The van der Waals surface area contributed by atoms with Gasteiger partial charge in [-0.1, -0.05) is 35.7 Å². The number of halogens is 1. The van der Waals surface area contributed by atoms with Crippen LogP contribution in [-0.2, 0) is 6.54 Å². The van der Waals surface area contributed by atoms with Gasteiger partial charge in [0, 0.05) is 11.0 Å². The molecule has 1 aromatic heterocycles. The number of fused-ring (bicyclic) bond motifs is 1. The second-order valence-electron chi connectivity index (χ2n) is 5.75. The van der Waals surface area contributed by atoms with E-state index in [0.29, 0.717) is 11.4 Å². The summed E-state index contributed by atoms with van der Waals surface area (Å²) in [5.74, 6) is 0.646. The van der Waals surface area contributed by atoms with Crippen LogP contribution in [-0.4, -0.2) is 9.55 Å². The molecule has 0 aliphatic heterocycles. The SMILES string of the molecule is CCC1(Cn2c(N)nc3cc(Br)ccc32)CCCC1. The average molecular weight is 322 g/mol. The van der Waals surface area contributed by atoms with Gasteiger partial charge in [-0.3, -0.25) is 0 Å². The molecule has 1 aromatic carbocycles. The van der Waals surface area contributed by atoms with Crippen molar-refractivity contribution in [3.05, 3.63) is 22.7 Å². The maximum Gasteiger partial charge on any atom is 0.201 e. The zero-order valence-electron chi connectivity index (χ0n) is 11.3. The van der Waals surface area contributed by atoms with E-state index < -0.39 is 0 Å². The standard InChI is InChI=1S/C15H20BrN3/c1-2-15(7-3-4-8-15)10-19-13-6-5-11(16)9-12(13)18-14(19)17/h5-6,9H,2-4,7-8,10H2,1H3,(H2,17,18). The van der Waals surface area contributed by atoms with Gasteiger partial charge in [0.25, 0.3) is 0 Å². The molecule has 1 fully saturated rings. The van der Waals surface area contributed by atoms with Crippen LogP contribution in [0.1, 0.15) is 39.0 Å². The monoisotopic (exact) mass is 321 g/mol. The normalized spacial score (nSPS) is 18.2. The van der Waals surface area contributed by atoms with Crippen LogP contribution < -0.4 is 5.73 Å². The van der Waals surface area contributed by atoms with Crippen LogP contribution in [0.2, 0.25) is 0 Å². The number of anilines is 1. The van der Waals surface area contributed by atoms with Crippen LogP contribution in [0.15, 0.2) is 22.7 Å². The topological polar surface area (TPSA) is 43.8 Å². The van der Waals surface area contributed by atoms with Gasteiger partial charge in [0.2, 0.25) is 5.95 Å². The van der Waals surface area contributed by atoms with E-state index in [-0.39, 0.29) is 0 Å². The maximum atomic E-state index is 6.13. The van der Waals surface area contributed by atoms with Gasteiger partial charge in [0.05, 0.1) is 11.0 Å². The Morgan fingerprint density at radius 3 is 2.79 bits per heavy atom. The summed E-state index contributed by atoms with van der Waals surface area (Å²) < 4.78 is 3.26. The van der Waals surface area contributed by atoms with Gasteiger partial charge < -0.3 is 10.3 Å². The lowest BCUT2D eigenvalue weighted by Gasteiger charge is -2.28. The summed E-state index contributed by atoms with van der Waals surface area (Å²) in [7, 11) is 0. The number of hydrogen-bond acceptors (Lipinski definition) is 2. The molecular weight excluding hydrogens is 302 g/mol. The molecule has 3 rings (SSSR count). The summed E-state index contributed by atoms with van der Waals surface area (Å²) >= 11 is 3.49. The summed E-state index contributed by atoms with van der Waals surface area (Å²) in [5.41, 5.74) is 8.69. The van der Waals surface area contributed by atoms with E-state index in [4.69, 9.17) is 5.73 Å². The number of rotatable bonds is 3. The largest absolute Gasteiger partial charge is 0.369 e. The van der Waals surface area contributed by atoms with Gasteiger partial charge in [-0.2, -0.15) is 0 Å². The van der Waals surface area contributed by atoms with Crippen LogP contribution in [0.25, 0.3) is 11.0 Å². The first kappa shape index (κ1) is 13.0. The molecule has 19 heavy (non-hydrogen) atoms. The van der Waals surface area contributed by atoms with Crippen molar-refractivity contribution in [3.8, 4) is 0 Å². The van der Waals surface area contributed by atoms with Crippen molar-refractivity contribution < 1.29 is 0 Å². The zero-order chi connectivity index (χ0) is 13.5. The fraction of sp³-hybridized carbons (Fsp3) is 0.533. The lowest BCUT2D eigenvalue weighted by Crippen LogP contribution is -2.23. The van der Waals surface area contributed by atoms with Crippen LogP contribution in [0.4, 0.5) is 5.95 Å². The summed E-state index contributed by atoms with van der Waals surface area (Å²) in [6.07, 6.45) is 6.57. The van der Waals surface area contributed by atoms with Gasteiger partial charge in [-0.05, 0) is 42.9 Å². The van der Waals surface area contributed by atoms with Crippen LogP contribution in [0.3, 0.4) is 0 Å². The second kappa shape index (κ2) is 4.82. The lowest BCUT2D eigenvalue weighted by atomic mass is 9.83. The summed E-state index contributed by atoms with van der Waals surface area (Å²) in [4.78, 5) is 4.49. The number of benzene rings is 1. The molecule has 2 aromatic rings. The Morgan fingerprint density at radius 2 is 2.11 bits per heavy atom. The molecule has 0 amide bonds. The molecule has 0 saturated heterocycles. The molecule has 102 valence electrons. The quantitative estimate of drug-likeness (QED) is 0.913. The minimum Gasteiger partial charge on any atom is -0.369 e. The number of imidazole rings is 1. The molecule has 0 bridgehead atoms. The molecule has 1 saturated carbocycles. The van der Waals surface area contributed by atoms with Crippen LogP contribution in [0.5, 0.6) is 0 Å². The van der Waals surface area contributed by atoms with E-state index in [2.05, 4.69) is 44.5 Å². The van der Waals surface area contributed by atoms with Crippen molar-refractivity contribution in [1.29, 1.82) is 0 Å². The third-order valence-corrected chi connectivity index (χ3v) is 5.14. The molecule has 4 heteroatoms. The van der Waals surface area contributed by atoms with Crippen molar-refractivity contribution in [1.82, 2.24) is 9.55 Å². The Kier molecular flexibility index (Phi) is 3.29. The van der Waals surface area contributed by atoms with Gasteiger partial charge >= 0.3 is 0 Å². The molecule has 2 N–H and O–H groups in total. The fourth-order valence-electron chi connectivity index (χ4n) is 3.37. The minimum absolute atomic E-state index is 0.425. The Hall–Kier alpha value is -1.03. The minimum atomic E-state index is 0.425. The smallest absolute Gasteiger partial charge is 0.201 e. The number of nitrogens with zero attached hydrogens (tertiary/aromatic N) is 2. The summed E-state index contributed by atoms with van der Waals surface area (Å²) in [6.45, 7) is 3.31.